The molecule has 1 aliphatic carbocycles. The lowest BCUT2D eigenvalue weighted by molar-refractivity contribution is 0.131. The molecule has 2 fully saturated rings. The molecule has 22 heavy (non-hydrogen) atoms. The predicted octanol–water partition coefficient (Wildman–Crippen LogP) is 4.29. The lowest BCUT2D eigenvalue weighted by atomic mass is 9.75. The van der Waals surface area contributed by atoms with E-state index in [0.29, 0.717) is 6.61 Å². The zero-order valence-electron chi connectivity index (χ0n) is 13.4. The van der Waals surface area contributed by atoms with Gasteiger partial charge in [0.2, 0.25) is 0 Å². The molecular weight excluding hydrogens is 292 g/mol. The van der Waals surface area contributed by atoms with Gasteiger partial charge in [0.25, 0.3) is 0 Å². The molecule has 4 heteroatoms. The molecule has 1 aromatic carbocycles. The summed E-state index contributed by atoms with van der Waals surface area (Å²) >= 11 is 5.62. The Bertz CT molecular complexity index is 502. The fourth-order valence-corrected chi connectivity index (χ4v) is 4.07. The molecule has 2 atom stereocenters. The van der Waals surface area contributed by atoms with Crippen LogP contribution in [-0.2, 0) is 0 Å². The molecule has 3 rings (SSSR count). The molecule has 1 saturated carbocycles. The topological polar surface area (TPSA) is 24.5 Å². The van der Waals surface area contributed by atoms with Crippen molar-refractivity contribution in [3.05, 3.63) is 24.3 Å². The first-order valence-corrected chi connectivity index (χ1v) is 8.96. The van der Waals surface area contributed by atoms with Gasteiger partial charge in [-0.1, -0.05) is 19.3 Å². The van der Waals surface area contributed by atoms with Crippen molar-refractivity contribution >= 4 is 23.0 Å². The Morgan fingerprint density at radius 2 is 1.91 bits per heavy atom. The Hall–Kier alpha value is -1.29. The van der Waals surface area contributed by atoms with Crippen LogP contribution in [0.4, 0.5) is 5.69 Å². The van der Waals surface area contributed by atoms with Crippen LogP contribution in [-0.4, -0.2) is 29.7 Å². The summed E-state index contributed by atoms with van der Waals surface area (Å²) in [6, 6.07) is 8.04. The fourth-order valence-electron chi connectivity index (χ4n) is 3.79. The van der Waals surface area contributed by atoms with Gasteiger partial charge in [0.05, 0.1) is 6.61 Å². The fraction of sp³-hybridized carbons (Fsp3) is 0.611. The number of benzene rings is 1. The summed E-state index contributed by atoms with van der Waals surface area (Å²) in [6.07, 6.45) is 6.93. The van der Waals surface area contributed by atoms with Gasteiger partial charge in [-0.25, -0.2) is 0 Å². The smallest absolute Gasteiger partial charge is 0.173 e. The molecule has 120 valence electrons. The number of hydrogen-bond donors (Lipinski definition) is 1. The molecule has 1 N–H and O–H groups in total. The highest BCUT2D eigenvalue weighted by Gasteiger charge is 2.31. The molecule has 2 aliphatic rings. The van der Waals surface area contributed by atoms with Crippen molar-refractivity contribution in [3.63, 3.8) is 0 Å². The molecule has 1 saturated heterocycles. The number of anilines is 1. The second-order valence-corrected chi connectivity index (χ2v) is 6.81. The number of likely N-dealkylation sites (tertiary alicyclic amines) is 1. The van der Waals surface area contributed by atoms with Gasteiger partial charge in [0.15, 0.2) is 5.11 Å². The maximum Gasteiger partial charge on any atom is 0.173 e. The maximum atomic E-state index is 5.62. The minimum atomic E-state index is 0.696. The van der Waals surface area contributed by atoms with Crippen LogP contribution < -0.4 is 10.1 Å². The Balaban J connectivity index is 1.55. The minimum Gasteiger partial charge on any atom is -0.494 e. The zero-order chi connectivity index (χ0) is 15.4. The number of piperidine rings is 1. The standard InChI is InChI=1S/C18H26N2OS/c1-2-21-17-9-7-16(8-10-17)19-18(22)20-12-11-14-5-3-4-6-15(14)13-20/h7-10,14-15H,2-6,11-13H2,1H3,(H,19,22)/t14-,15+/m0/s1. The van der Waals surface area contributed by atoms with Gasteiger partial charge >= 0.3 is 0 Å². The second kappa shape index (κ2) is 7.32. The molecule has 1 aromatic rings. The molecule has 0 radical (unpaired) electrons. The van der Waals surface area contributed by atoms with E-state index in [-0.39, 0.29) is 0 Å². The van der Waals surface area contributed by atoms with Crippen LogP contribution in [0, 0.1) is 11.8 Å². The summed E-state index contributed by atoms with van der Waals surface area (Å²) in [6.45, 7) is 4.93. The largest absolute Gasteiger partial charge is 0.494 e. The average molecular weight is 318 g/mol. The van der Waals surface area contributed by atoms with Crippen molar-refractivity contribution in [1.82, 2.24) is 4.90 Å². The van der Waals surface area contributed by atoms with Gasteiger partial charge in [-0.2, -0.15) is 0 Å². The third-order valence-electron chi connectivity index (χ3n) is 5.00. The highest BCUT2D eigenvalue weighted by molar-refractivity contribution is 7.80. The number of thiocarbonyl (C=S) groups is 1. The van der Waals surface area contributed by atoms with Gasteiger partial charge in [0.1, 0.15) is 5.75 Å². The highest BCUT2D eigenvalue weighted by atomic mass is 32.1. The van der Waals surface area contributed by atoms with Crippen LogP contribution in [0.2, 0.25) is 0 Å². The van der Waals surface area contributed by atoms with E-state index in [1.807, 2.05) is 31.2 Å². The van der Waals surface area contributed by atoms with Gasteiger partial charge in [-0.15, -0.1) is 0 Å². The first-order chi connectivity index (χ1) is 10.8. The van der Waals surface area contributed by atoms with Gasteiger partial charge in [0, 0.05) is 18.8 Å². The number of nitrogens with one attached hydrogen (secondary N) is 1. The van der Waals surface area contributed by atoms with E-state index < -0.39 is 0 Å². The second-order valence-electron chi connectivity index (χ2n) is 6.43. The van der Waals surface area contributed by atoms with Crippen molar-refractivity contribution in [3.8, 4) is 5.75 Å². The maximum absolute atomic E-state index is 5.62. The highest BCUT2D eigenvalue weighted by Crippen LogP contribution is 2.36. The van der Waals surface area contributed by atoms with Crippen LogP contribution in [0.5, 0.6) is 5.75 Å². The molecule has 0 unspecified atom stereocenters. The summed E-state index contributed by atoms with van der Waals surface area (Å²) in [5, 5.41) is 4.25. The third kappa shape index (κ3) is 3.72. The van der Waals surface area contributed by atoms with Gasteiger partial charge in [-0.05, 0) is 68.1 Å². The molecule has 0 spiro atoms. The minimum absolute atomic E-state index is 0.696. The van der Waals surface area contributed by atoms with E-state index in [1.54, 1.807) is 0 Å². The van der Waals surface area contributed by atoms with Crippen molar-refractivity contribution in [2.45, 2.75) is 39.0 Å². The summed E-state index contributed by atoms with van der Waals surface area (Å²) in [7, 11) is 0. The summed E-state index contributed by atoms with van der Waals surface area (Å²) in [5.41, 5.74) is 1.04. The number of nitrogens with zero attached hydrogens (tertiary/aromatic N) is 1. The van der Waals surface area contributed by atoms with E-state index in [0.717, 1.165) is 41.5 Å². The predicted molar refractivity (Wildman–Crippen MR) is 95.5 cm³/mol. The Labute approximate surface area is 139 Å². The Morgan fingerprint density at radius 3 is 2.64 bits per heavy atom. The van der Waals surface area contributed by atoms with Crippen LogP contribution >= 0.6 is 12.2 Å². The van der Waals surface area contributed by atoms with Crippen LogP contribution in [0.25, 0.3) is 0 Å². The first-order valence-electron chi connectivity index (χ1n) is 8.55. The quantitative estimate of drug-likeness (QED) is 0.840. The number of rotatable bonds is 3. The van der Waals surface area contributed by atoms with E-state index in [9.17, 15) is 0 Å². The number of ether oxygens (including phenoxy) is 1. The molecule has 0 amide bonds. The average Bonchev–Trinajstić information content (AvgIpc) is 2.56. The lowest BCUT2D eigenvalue weighted by Gasteiger charge is -2.42. The zero-order valence-corrected chi connectivity index (χ0v) is 14.2. The van der Waals surface area contributed by atoms with Gasteiger partial charge in [-0.3, -0.25) is 0 Å². The molecular formula is C18H26N2OS. The first kappa shape index (κ1) is 15.6. The molecule has 0 aromatic heterocycles. The van der Waals surface area contributed by atoms with Crippen LogP contribution in [0.15, 0.2) is 24.3 Å². The van der Waals surface area contributed by atoms with E-state index >= 15 is 0 Å². The van der Waals surface area contributed by atoms with Crippen molar-refractivity contribution in [2.75, 3.05) is 25.0 Å². The van der Waals surface area contributed by atoms with Crippen molar-refractivity contribution < 1.29 is 4.74 Å². The Morgan fingerprint density at radius 1 is 1.18 bits per heavy atom. The van der Waals surface area contributed by atoms with Crippen molar-refractivity contribution in [2.24, 2.45) is 11.8 Å². The molecule has 3 nitrogen and oxygen atoms in total. The summed E-state index contributed by atoms with van der Waals surface area (Å²) in [4.78, 5) is 2.36. The van der Waals surface area contributed by atoms with Crippen molar-refractivity contribution in [1.29, 1.82) is 0 Å². The normalized spacial score (nSPS) is 24.5. The number of fused-ring (bicyclic) bond motifs is 1. The monoisotopic (exact) mass is 318 g/mol. The van der Waals surface area contributed by atoms with E-state index in [4.69, 9.17) is 17.0 Å². The number of hydrogen-bond acceptors (Lipinski definition) is 2. The third-order valence-corrected chi connectivity index (χ3v) is 5.36. The van der Waals surface area contributed by atoms with Gasteiger partial charge < -0.3 is 15.0 Å². The van der Waals surface area contributed by atoms with Crippen LogP contribution in [0.3, 0.4) is 0 Å². The molecule has 1 heterocycles. The van der Waals surface area contributed by atoms with E-state index in [1.165, 1.54) is 32.1 Å². The molecule has 0 bridgehead atoms. The summed E-state index contributed by atoms with van der Waals surface area (Å²) < 4.78 is 5.47. The van der Waals surface area contributed by atoms with Crippen LogP contribution in [0.1, 0.15) is 39.0 Å². The molecule has 1 aliphatic heterocycles. The summed E-state index contributed by atoms with van der Waals surface area (Å²) in [5.74, 6) is 2.70. The van der Waals surface area contributed by atoms with E-state index in [2.05, 4.69) is 10.2 Å². The SMILES string of the molecule is CCOc1ccc(NC(=S)N2CC[C@@H]3CCCC[C@@H]3C2)cc1. The lowest BCUT2D eigenvalue weighted by Crippen LogP contribution is -2.46. The Kier molecular flexibility index (Phi) is 5.19.